The van der Waals surface area contributed by atoms with Gasteiger partial charge in [0, 0.05) is 11.1 Å². The lowest BCUT2D eigenvalue weighted by Gasteiger charge is -2.12. The second-order valence-electron chi connectivity index (χ2n) is 3.94. The number of rotatable bonds is 4. The molecule has 0 bridgehead atoms. The van der Waals surface area contributed by atoms with Gasteiger partial charge >= 0.3 is 0 Å². The first-order valence-electron chi connectivity index (χ1n) is 5.44. The molecule has 6 nitrogen and oxygen atoms in total. The molecule has 1 aromatic heterocycles. The molecule has 0 fully saturated rings. The molecule has 7 heteroatoms. The van der Waals surface area contributed by atoms with Crippen LogP contribution >= 0.6 is 11.6 Å². The summed E-state index contributed by atoms with van der Waals surface area (Å²) in [6.45, 7) is 1.90. The third-order valence-corrected chi connectivity index (χ3v) is 2.59. The monoisotopic (exact) mass is 265 g/mol. The Morgan fingerprint density at radius 2 is 2.39 bits per heavy atom. The summed E-state index contributed by atoms with van der Waals surface area (Å²) in [5.41, 5.74) is 1.06. The van der Waals surface area contributed by atoms with E-state index in [2.05, 4.69) is 25.9 Å². The number of aromatic nitrogens is 4. The Labute approximate surface area is 109 Å². The van der Waals surface area contributed by atoms with E-state index < -0.39 is 0 Å². The molecule has 1 aromatic carbocycles. The molecule has 1 amide bonds. The molecule has 0 aliphatic rings. The third-order valence-electron chi connectivity index (χ3n) is 2.36. The second-order valence-corrected chi connectivity index (χ2v) is 4.38. The summed E-state index contributed by atoms with van der Waals surface area (Å²) in [6.07, 6.45) is 0.685. The fourth-order valence-corrected chi connectivity index (χ4v) is 1.83. The van der Waals surface area contributed by atoms with Crippen LogP contribution in [0.1, 0.15) is 23.1 Å². The molecule has 2 aromatic rings. The van der Waals surface area contributed by atoms with E-state index in [0.29, 0.717) is 11.4 Å². The summed E-state index contributed by atoms with van der Waals surface area (Å²) in [7, 11) is 0. The van der Waals surface area contributed by atoms with Crippen molar-refractivity contribution in [1.29, 1.82) is 0 Å². The van der Waals surface area contributed by atoms with Gasteiger partial charge in [-0.25, -0.2) is 0 Å². The standard InChI is InChI=1S/C11H12ClN5O/c1-7(5-8-3-2-4-9(12)6-8)13-11(18)10-14-16-17-15-10/h2-4,6-7H,5H2,1H3,(H,13,18)(H,14,15,16,17). The van der Waals surface area contributed by atoms with Crippen LogP contribution in [0.5, 0.6) is 0 Å². The molecule has 18 heavy (non-hydrogen) atoms. The highest BCUT2D eigenvalue weighted by molar-refractivity contribution is 6.30. The molecule has 94 valence electrons. The molecule has 0 aliphatic heterocycles. The van der Waals surface area contributed by atoms with Crippen molar-refractivity contribution in [2.24, 2.45) is 0 Å². The van der Waals surface area contributed by atoms with Crippen LogP contribution in [-0.2, 0) is 6.42 Å². The quantitative estimate of drug-likeness (QED) is 0.870. The lowest BCUT2D eigenvalue weighted by molar-refractivity contribution is 0.0929. The maximum atomic E-state index is 11.7. The average molecular weight is 266 g/mol. The Morgan fingerprint density at radius 3 is 3.06 bits per heavy atom. The van der Waals surface area contributed by atoms with Crippen molar-refractivity contribution in [3.05, 3.63) is 40.7 Å². The van der Waals surface area contributed by atoms with E-state index in [4.69, 9.17) is 11.6 Å². The molecule has 0 saturated heterocycles. The van der Waals surface area contributed by atoms with E-state index >= 15 is 0 Å². The molecule has 0 radical (unpaired) electrons. The number of nitrogens with one attached hydrogen (secondary N) is 2. The topological polar surface area (TPSA) is 83.6 Å². The zero-order valence-electron chi connectivity index (χ0n) is 9.72. The third kappa shape index (κ3) is 3.27. The fourth-order valence-electron chi connectivity index (χ4n) is 1.61. The maximum Gasteiger partial charge on any atom is 0.293 e. The number of benzene rings is 1. The van der Waals surface area contributed by atoms with Crippen LogP contribution in [0.4, 0.5) is 0 Å². The molecule has 0 aliphatic carbocycles. The van der Waals surface area contributed by atoms with Crippen LogP contribution in [0.25, 0.3) is 0 Å². The number of nitrogens with zero attached hydrogens (tertiary/aromatic N) is 3. The number of tetrazole rings is 1. The van der Waals surface area contributed by atoms with Crippen LogP contribution in [0.3, 0.4) is 0 Å². The molecular formula is C11H12ClN5O. The Morgan fingerprint density at radius 1 is 1.56 bits per heavy atom. The van der Waals surface area contributed by atoms with Crippen molar-refractivity contribution in [2.45, 2.75) is 19.4 Å². The summed E-state index contributed by atoms with van der Waals surface area (Å²) in [5.74, 6) is -0.314. The van der Waals surface area contributed by atoms with Crippen LogP contribution < -0.4 is 5.32 Å². The van der Waals surface area contributed by atoms with Crippen molar-refractivity contribution >= 4 is 17.5 Å². The number of H-pyrrole nitrogens is 1. The van der Waals surface area contributed by atoms with Crippen molar-refractivity contribution in [3.8, 4) is 0 Å². The van der Waals surface area contributed by atoms with E-state index in [9.17, 15) is 4.79 Å². The highest BCUT2D eigenvalue weighted by Crippen LogP contribution is 2.12. The zero-order valence-corrected chi connectivity index (χ0v) is 10.5. The summed E-state index contributed by atoms with van der Waals surface area (Å²) < 4.78 is 0. The van der Waals surface area contributed by atoms with Gasteiger partial charge in [-0.3, -0.25) is 4.79 Å². The summed E-state index contributed by atoms with van der Waals surface area (Å²) in [5, 5.41) is 16.3. The number of carbonyl (C=O) groups excluding carboxylic acids is 1. The SMILES string of the molecule is CC(Cc1cccc(Cl)c1)NC(=O)c1nn[nH]n1. The van der Waals surface area contributed by atoms with Gasteiger partial charge in [0.25, 0.3) is 11.7 Å². The normalized spacial score (nSPS) is 12.1. The molecule has 1 unspecified atom stereocenters. The number of amides is 1. The van der Waals surface area contributed by atoms with Gasteiger partial charge in [-0.05, 0) is 36.3 Å². The second kappa shape index (κ2) is 5.59. The van der Waals surface area contributed by atoms with E-state index in [0.717, 1.165) is 5.56 Å². The van der Waals surface area contributed by atoms with Crippen molar-refractivity contribution in [2.75, 3.05) is 0 Å². The minimum atomic E-state index is -0.349. The van der Waals surface area contributed by atoms with Gasteiger partial charge in [0.2, 0.25) is 0 Å². The first kappa shape index (κ1) is 12.5. The molecule has 2 N–H and O–H groups in total. The summed E-state index contributed by atoms with van der Waals surface area (Å²) >= 11 is 5.90. The van der Waals surface area contributed by atoms with Gasteiger partial charge in [-0.15, -0.1) is 10.2 Å². The van der Waals surface area contributed by atoms with Crippen molar-refractivity contribution in [3.63, 3.8) is 0 Å². The Kier molecular flexibility index (Phi) is 3.88. The Bertz CT molecular complexity index is 528. The maximum absolute atomic E-state index is 11.7. The first-order chi connectivity index (χ1) is 8.65. The van der Waals surface area contributed by atoms with Crippen LogP contribution in [0, 0.1) is 0 Å². The minimum absolute atomic E-state index is 0.0351. The van der Waals surface area contributed by atoms with E-state index in [1.807, 2.05) is 31.2 Å². The van der Waals surface area contributed by atoms with Gasteiger partial charge < -0.3 is 5.32 Å². The molecule has 1 heterocycles. The van der Waals surface area contributed by atoms with Crippen LogP contribution in [0.2, 0.25) is 5.02 Å². The molecular weight excluding hydrogens is 254 g/mol. The zero-order chi connectivity index (χ0) is 13.0. The predicted molar refractivity (Wildman–Crippen MR) is 66.3 cm³/mol. The van der Waals surface area contributed by atoms with E-state index in [-0.39, 0.29) is 17.8 Å². The first-order valence-corrected chi connectivity index (χ1v) is 5.81. The Balaban J connectivity index is 1.93. The average Bonchev–Trinajstić information content (AvgIpc) is 2.81. The lowest BCUT2D eigenvalue weighted by Crippen LogP contribution is -2.34. The highest BCUT2D eigenvalue weighted by Gasteiger charge is 2.13. The molecule has 0 saturated carbocycles. The van der Waals surface area contributed by atoms with Gasteiger partial charge in [-0.1, -0.05) is 23.7 Å². The molecule has 1 atom stereocenters. The smallest absolute Gasteiger partial charge is 0.293 e. The van der Waals surface area contributed by atoms with E-state index in [1.165, 1.54) is 0 Å². The molecule has 0 spiro atoms. The van der Waals surface area contributed by atoms with Gasteiger partial charge in [-0.2, -0.15) is 5.21 Å². The van der Waals surface area contributed by atoms with Gasteiger partial charge in [0.05, 0.1) is 0 Å². The molecule has 2 rings (SSSR count). The number of aromatic amines is 1. The highest BCUT2D eigenvalue weighted by atomic mass is 35.5. The van der Waals surface area contributed by atoms with Gasteiger partial charge in [0.15, 0.2) is 0 Å². The van der Waals surface area contributed by atoms with Crippen molar-refractivity contribution < 1.29 is 4.79 Å². The number of halogens is 1. The van der Waals surface area contributed by atoms with Crippen molar-refractivity contribution in [1.82, 2.24) is 25.9 Å². The van der Waals surface area contributed by atoms with Crippen LogP contribution in [0.15, 0.2) is 24.3 Å². The minimum Gasteiger partial charge on any atom is -0.346 e. The lowest BCUT2D eigenvalue weighted by atomic mass is 10.1. The summed E-state index contributed by atoms with van der Waals surface area (Å²) in [6, 6.07) is 7.48. The number of carbonyl (C=O) groups is 1. The largest absolute Gasteiger partial charge is 0.346 e. The van der Waals surface area contributed by atoms with Gasteiger partial charge in [0.1, 0.15) is 0 Å². The predicted octanol–water partition coefficient (Wildman–Crippen LogP) is 1.21. The van der Waals surface area contributed by atoms with Crippen LogP contribution in [-0.4, -0.2) is 32.6 Å². The number of hydrogen-bond donors (Lipinski definition) is 2. The van der Waals surface area contributed by atoms with E-state index in [1.54, 1.807) is 0 Å². The fraction of sp³-hybridized carbons (Fsp3) is 0.273. The number of hydrogen-bond acceptors (Lipinski definition) is 4. The Hall–Kier alpha value is -1.95. The summed E-state index contributed by atoms with van der Waals surface area (Å²) in [4.78, 5) is 11.7.